The lowest BCUT2D eigenvalue weighted by Crippen LogP contribution is -2.40. The van der Waals surface area contributed by atoms with Crippen LogP contribution in [0.1, 0.15) is 18.4 Å². The van der Waals surface area contributed by atoms with E-state index in [1.165, 1.54) is 5.39 Å². The molecule has 0 saturated heterocycles. The fraction of sp³-hybridized carbons (Fsp3) is 0.190. The van der Waals surface area contributed by atoms with Crippen LogP contribution in [0.4, 0.5) is 5.69 Å². The number of carbonyl (C=O) groups is 1. The smallest absolute Gasteiger partial charge is 0.268 e. The van der Waals surface area contributed by atoms with E-state index in [1.807, 2.05) is 68.6 Å². The van der Waals surface area contributed by atoms with Gasteiger partial charge in [0.15, 0.2) is 6.10 Å². The first-order valence-corrected chi connectivity index (χ1v) is 8.17. The third-order valence-corrected chi connectivity index (χ3v) is 4.81. The van der Waals surface area contributed by atoms with Crippen molar-refractivity contribution in [3.05, 3.63) is 72.3 Å². The van der Waals surface area contributed by atoms with E-state index in [1.54, 1.807) is 4.90 Å². The molecule has 1 aliphatic rings. The summed E-state index contributed by atoms with van der Waals surface area (Å²) >= 11 is 0. The second-order valence-electron chi connectivity index (χ2n) is 6.29. The number of para-hydroxylation sites is 1. The van der Waals surface area contributed by atoms with Crippen LogP contribution in [0.3, 0.4) is 0 Å². The monoisotopic (exact) mass is 317 g/mol. The molecule has 3 aromatic carbocycles. The maximum atomic E-state index is 13.0. The van der Waals surface area contributed by atoms with Gasteiger partial charge in [-0.3, -0.25) is 4.79 Å². The SMILES string of the molecule is CC1c2ccccc2OC1C(=O)N(C)c1ccc2ccccc2c1. The lowest BCUT2D eigenvalue weighted by molar-refractivity contribution is -0.124. The Morgan fingerprint density at radius 2 is 1.67 bits per heavy atom. The van der Waals surface area contributed by atoms with Crippen molar-refractivity contribution < 1.29 is 9.53 Å². The Hall–Kier alpha value is -2.81. The second kappa shape index (κ2) is 5.68. The minimum absolute atomic E-state index is 0.0195. The molecular weight excluding hydrogens is 298 g/mol. The quantitative estimate of drug-likeness (QED) is 0.702. The van der Waals surface area contributed by atoms with Gasteiger partial charge in [-0.1, -0.05) is 55.5 Å². The summed E-state index contributed by atoms with van der Waals surface area (Å²) in [6, 6.07) is 22.1. The lowest BCUT2D eigenvalue weighted by Gasteiger charge is -2.23. The van der Waals surface area contributed by atoms with Crippen LogP contribution in [0.15, 0.2) is 66.7 Å². The summed E-state index contributed by atoms with van der Waals surface area (Å²) in [6.45, 7) is 2.04. The van der Waals surface area contributed by atoms with E-state index < -0.39 is 6.10 Å². The van der Waals surface area contributed by atoms with E-state index in [4.69, 9.17) is 4.74 Å². The highest BCUT2D eigenvalue weighted by molar-refractivity contribution is 5.99. The first kappa shape index (κ1) is 14.8. The van der Waals surface area contributed by atoms with Crippen LogP contribution < -0.4 is 9.64 Å². The highest BCUT2D eigenvalue weighted by Crippen LogP contribution is 2.38. The van der Waals surface area contributed by atoms with Crippen molar-refractivity contribution in [1.82, 2.24) is 0 Å². The first-order chi connectivity index (χ1) is 11.6. The van der Waals surface area contributed by atoms with Crippen LogP contribution in [-0.2, 0) is 4.79 Å². The summed E-state index contributed by atoms with van der Waals surface area (Å²) < 4.78 is 5.92. The largest absolute Gasteiger partial charge is 0.480 e. The molecule has 0 fully saturated rings. The number of benzene rings is 3. The van der Waals surface area contributed by atoms with Gasteiger partial charge in [-0.05, 0) is 29.0 Å². The average molecular weight is 317 g/mol. The fourth-order valence-electron chi connectivity index (χ4n) is 3.33. The number of hydrogen-bond donors (Lipinski definition) is 0. The molecule has 3 aromatic rings. The zero-order valence-corrected chi connectivity index (χ0v) is 13.8. The molecule has 1 amide bonds. The van der Waals surface area contributed by atoms with Crippen molar-refractivity contribution in [3.8, 4) is 5.75 Å². The fourth-order valence-corrected chi connectivity index (χ4v) is 3.33. The van der Waals surface area contributed by atoms with Crippen molar-refractivity contribution in [2.45, 2.75) is 18.9 Å². The number of ether oxygens (including phenoxy) is 1. The van der Waals surface area contributed by atoms with Gasteiger partial charge in [-0.2, -0.15) is 0 Å². The Morgan fingerprint density at radius 1 is 0.958 bits per heavy atom. The molecule has 1 heterocycles. The van der Waals surface area contributed by atoms with Crippen LogP contribution in [0.25, 0.3) is 10.8 Å². The maximum absolute atomic E-state index is 13.0. The van der Waals surface area contributed by atoms with E-state index in [-0.39, 0.29) is 11.8 Å². The molecule has 24 heavy (non-hydrogen) atoms. The molecule has 0 saturated carbocycles. The maximum Gasteiger partial charge on any atom is 0.268 e. The highest BCUT2D eigenvalue weighted by Gasteiger charge is 2.37. The molecule has 0 aromatic heterocycles. The molecule has 0 spiro atoms. The summed E-state index contributed by atoms with van der Waals surface area (Å²) in [5.41, 5.74) is 1.98. The van der Waals surface area contributed by atoms with Crippen LogP contribution in [-0.4, -0.2) is 19.1 Å². The van der Waals surface area contributed by atoms with Gasteiger partial charge in [0.05, 0.1) is 0 Å². The number of hydrogen-bond acceptors (Lipinski definition) is 2. The minimum Gasteiger partial charge on any atom is -0.480 e. The van der Waals surface area contributed by atoms with Gasteiger partial charge in [0.1, 0.15) is 5.75 Å². The van der Waals surface area contributed by atoms with Crippen LogP contribution in [0.2, 0.25) is 0 Å². The van der Waals surface area contributed by atoms with Crippen molar-refractivity contribution in [2.24, 2.45) is 0 Å². The predicted molar refractivity (Wildman–Crippen MR) is 96.6 cm³/mol. The highest BCUT2D eigenvalue weighted by atomic mass is 16.5. The number of rotatable bonds is 2. The van der Waals surface area contributed by atoms with Crippen LogP contribution in [0, 0.1) is 0 Å². The summed E-state index contributed by atoms with van der Waals surface area (Å²) in [6.07, 6.45) is -0.473. The molecule has 0 radical (unpaired) electrons. The molecule has 2 atom stereocenters. The normalized spacial score (nSPS) is 18.9. The van der Waals surface area contributed by atoms with Crippen LogP contribution >= 0.6 is 0 Å². The third kappa shape index (κ3) is 2.33. The topological polar surface area (TPSA) is 29.5 Å². The van der Waals surface area contributed by atoms with Gasteiger partial charge in [-0.25, -0.2) is 0 Å². The van der Waals surface area contributed by atoms with Gasteiger partial charge in [0.2, 0.25) is 0 Å². The van der Waals surface area contributed by atoms with Gasteiger partial charge >= 0.3 is 0 Å². The number of likely N-dealkylation sites (N-methyl/N-ethyl adjacent to an activating group) is 1. The Kier molecular flexibility index (Phi) is 3.49. The van der Waals surface area contributed by atoms with E-state index in [2.05, 4.69) is 12.1 Å². The third-order valence-electron chi connectivity index (χ3n) is 4.81. The van der Waals surface area contributed by atoms with Crippen molar-refractivity contribution in [3.63, 3.8) is 0 Å². The van der Waals surface area contributed by atoms with Crippen molar-refractivity contribution in [1.29, 1.82) is 0 Å². The molecule has 3 nitrogen and oxygen atoms in total. The van der Waals surface area contributed by atoms with Gasteiger partial charge in [0.25, 0.3) is 5.91 Å². The Labute approximate surface area is 141 Å². The number of fused-ring (bicyclic) bond motifs is 2. The Morgan fingerprint density at radius 3 is 2.46 bits per heavy atom. The van der Waals surface area contributed by atoms with Gasteiger partial charge in [0, 0.05) is 24.2 Å². The molecule has 0 N–H and O–H groups in total. The van der Waals surface area contributed by atoms with Gasteiger partial charge in [-0.15, -0.1) is 0 Å². The number of carbonyl (C=O) groups excluding carboxylic acids is 1. The van der Waals surface area contributed by atoms with Gasteiger partial charge < -0.3 is 9.64 Å². The second-order valence-corrected chi connectivity index (χ2v) is 6.29. The van der Waals surface area contributed by atoms with Crippen molar-refractivity contribution in [2.75, 3.05) is 11.9 Å². The molecule has 0 aliphatic carbocycles. The molecule has 2 unspecified atom stereocenters. The lowest BCUT2D eigenvalue weighted by atomic mass is 9.97. The summed E-state index contributed by atoms with van der Waals surface area (Å²) in [4.78, 5) is 14.7. The minimum atomic E-state index is -0.473. The molecule has 1 aliphatic heterocycles. The van der Waals surface area contributed by atoms with Crippen LogP contribution in [0.5, 0.6) is 5.75 Å². The Bertz CT molecular complexity index is 918. The molecule has 0 bridgehead atoms. The first-order valence-electron chi connectivity index (χ1n) is 8.17. The van der Waals surface area contributed by atoms with Crippen molar-refractivity contribution >= 4 is 22.4 Å². The summed E-state index contributed by atoms with van der Waals surface area (Å²) in [5.74, 6) is 0.848. The van der Waals surface area contributed by atoms with E-state index in [9.17, 15) is 4.79 Å². The average Bonchev–Trinajstić information content (AvgIpc) is 2.97. The molecular formula is C21H19NO2. The standard InChI is InChI=1S/C21H19NO2/c1-14-18-9-5-6-10-19(18)24-20(14)21(23)22(2)17-12-11-15-7-3-4-8-16(15)13-17/h3-14,20H,1-2H3. The Balaban J connectivity index is 1.62. The zero-order chi connectivity index (χ0) is 16.7. The summed E-state index contributed by atoms with van der Waals surface area (Å²) in [5, 5.41) is 2.29. The molecule has 3 heteroatoms. The zero-order valence-electron chi connectivity index (χ0n) is 13.8. The predicted octanol–water partition coefficient (Wildman–Crippen LogP) is 4.37. The number of anilines is 1. The number of nitrogens with zero attached hydrogens (tertiary/aromatic N) is 1. The van der Waals surface area contributed by atoms with E-state index in [0.717, 1.165) is 22.4 Å². The number of amides is 1. The van der Waals surface area contributed by atoms with E-state index in [0.29, 0.717) is 0 Å². The van der Waals surface area contributed by atoms with E-state index >= 15 is 0 Å². The molecule has 4 rings (SSSR count). The summed E-state index contributed by atoms with van der Waals surface area (Å²) in [7, 11) is 1.81. The molecule has 120 valence electrons.